The second kappa shape index (κ2) is 6.29. The smallest absolute Gasteiger partial charge is 0.184 e. The first-order valence-electron chi connectivity index (χ1n) is 6.48. The zero-order valence-corrected chi connectivity index (χ0v) is 12.9. The number of rotatable bonds is 4. The number of fused-ring (bicyclic) bond motifs is 1. The molecule has 0 atom stereocenters. The minimum Gasteiger partial charge on any atom is -0.395 e. The molecule has 0 aliphatic rings. The van der Waals surface area contributed by atoms with Gasteiger partial charge in [0, 0.05) is 23.4 Å². The Kier molecular flexibility index (Phi) is 4.21. The van der Waals surface area contributed by atoms with Crippen LogP contribution in [0.1, 0.15) is 0 Å². The van der Waals surface area contributed by atoms with Crippen molar-refractivity contribution in [2.75, 3.05) is 18.5 Å². The van der Waals surface area contributed by atoms with Crippen molar-refractivity contribution in [3.8, 4) is 11.4 Å². The van der Waals surface area contributed by atoms with Gasteiger partial charge in [-0.15, -0.1) is 0 Å². The fraction of sp³-hybridized carbons (Fsp3) is 0.143. The first-order chi connectivity index (χ1) is 10.7. The summed E-state index contributed by atoms with van der Waals surface area (Å²) >= 11 is 3.30. The van der Waals surface area contributed by atoms with Crippen LogP contribution in [-0.4, -0.2) is 38.2 Å². The first-order valence-corrected chi connectivity index (χ1v) is 7.27. The van der Waals surface area contributed by atoms with Crippen LogP contribution >= 0.6 is 15.9 Å². The van der Waals surface area contributed by atoms with Crippen molar-refractivity contribution in [1.82, 2.24) is 19.9 Å². The van der Waals surface area contributed by atoms with E-state index >= 15 is 0 Å². The summed E-state index contributed by atoms with van der Waals surface area (Å²) in [7, 11) is 0. The average Bonchev–Trinajstić information content (AvgIpc) is 2.54. The van der Waals surface area contributed by atoms with Crippen LogP contribution in [0, 0.1) is 5.82 Å². The molecule has 0 amide bonds. The number of aliphatic hydroxyl groups excluding tert-OH is 1. The lowest BCUT2D eigenvalue weighted by Gasteiger charge is -2.09. The molecule has 6 nitrogen and oxygen atoms in total. The van der Waals surface area contributed by atoms with Crippen molar-refractivity contribution in [2.24, 2.45) is 0 Å². The van der Waals surface area contributed by atoms with Crippen molar-refractivity contribution in [3.63, 3.8) is 0 Å². The third kappa shape index (κ3) is 2.88. The van der Waals surface area contributed by atoms with Gasteiger partial charge in [-0.3, -0.25) is 0 Å². The van der Waals surface area contributed by atoms with Crippen LogP contribution in [0.2, 0.25) is 0 Å². The minimum absolute atomic E-state index is 0.0632. The Hall–Kier alpha value is -2.19. The van der Waals surface area contributed by atoms with Gasteiger partial charge in [-0.25, -0.2) is 24.3 Å². The zero-order chi connectivity index (χ0) is 15.5. The van der Waals surface area contributed by atoms with Crippen molar-refractivity contribution < 1.29 is 9.50 Å². The standard InChI is InChI=1S/C14H11BrFN5O/c15-8-1-2-10(16)9(7-8)12-20-13-11(17-3-4-18-13)14(21-12)19-5-6-22/h1-4,7,22H,5-6H2,(H,18,19,20,21). The molecule has 0 unspecified atom stereocenters. The first kappa shape index (κ1) is 14.7. The van der Waals surface area contributed by atoms with E-state index in [2.05, 4.69) is 41.2 Å². The molecule has 2 heterocycles. The number of hydrogen-bond acceptors (Lipinski definition) is 6. The van der Waals surface area contributed by atoms with Gasteiger partial charge in [0.2, 0.25) is 0 Å². The van der Waals surface area contributed by atoms with Crippen LogP contribution in [0.5, 0.6) is 0 Å². The number of nitrogens with one attached hydrogen (secondary N) is 1. The lowest BCUT2D eigenvalue weighted by Crippen LogP contribution is -2.09. The maximum atomic E-state index is 14.0. The summed E-state index contributed by atoms with van der Waals surface area (Å²) in [6, 6.07) is 4.54. The van der Waals surface area contributed by atoms with Crippen LogP contribution in [0.4, 0.5) is 10.2 Å². The van der Waals surface area contributed by atoms with Crippen molar-refractivity contribution in [2.45, 2.75) is 0 Å². The van der Waals surface area contributed by atoms with E-state index in [1.807, 2.05) is 0 Å². The van der Waals surface area contributed by atoms with Crippen LogP contribution in [0.3, 0.4) is 0 Å². The Balaban J connectivity index is 2.19. The highest BCUT2D eigenvalue weighted by molar-refractivity contribution is 9.10. The van der Waals surface area contributed by atoms with E-state index in [4.69, 9.17) is 5.11 Å². The summed E-state index contributed by atoms with van der Waals surface area (Å²) < 4.78 is 14.8. The molecule has 8 heteroatoms. The van der Waals surface area contributed by atoms with E-state index in [1.165, 1.54) is 18.5 Å². The Morgan fingerprint density at radius 2 is 2.00 bits per heavy atom. The Morgan fingerprint density at radius 3 is 2.82 bits per heavy atom. The van der Waals surface area contributed by atoms with Crippen molar-refractivity contribution in [3.05, 3.63) is 40.9 Å². The largest absolute Gasteiger partial charge is 0.395 e. The predicted molar refractivity (Wildman–Crippen MR) is 83.8 cm³/mol. The quantitative estimate of drug-likeness (QED) is 0.740. The van der Waals surface area contributed by atoms with E-state index in [-0.39, 0.29) is 18.0 Å². The van der Waals surface area contributed by atoms with Crippen LogP contribution in [-0.2, 0) is 0 Å². The number of anilines is 1. The second-order valence-corrected chi connectivity index (χ2v) is 5.31. The topological polar surface area (TPSA) is 83.8 Å². The maximum absolute atomic E-state index is 14.0. The summed E-state index contributed by atoms with van der Waals surface area (Å²) in [5, 5.41) is 11.9. The summed E-state index contributed by atoms with van der Waals surface area (Å²) in [5.41, 5.74) is 1.08. The molecule has 0 aliphatic carbocycles. The zero-order valence-electron chi connectivity index (χ0n) is 11.3. The highest BCUT2D eigenvalue weighted by atomic mass is 79.9. The molecule has 0 bridgehead atoms. The molecule has 3 rings (SSSR count). The molecular weight excluding hydrogens is 353 g/mol. The molecule has 112 valence electrons. The van der Waals surface area contributed by atoms with E-state index < -0.39 is 5.82 Å². The third-order valence-corrected chi connectivity index (χ3v) is 3.40. The number of aromatic nitrogens is 4. The molecule has 2 N–H and O–H groups in total. The number of benzene rings is 1. The SMILES string of the molecule is OCCNc1nc(-c2cc(Br)ccc2F)nc2nccnc12. The van der Waals surface area contributed by atoms with Gasteiger partial charge in [0.15, 0.2) is 17.3 Å². The van der Waals surface area contributed by atoms with Gasteiger partial charge in [0.05, 0.1) is 12.2 Å². The highest BCUT2D eigenvalue weighted by Gasteiger charge is 2.14. The second-order valence-electron chi connectivity index (χ2n) is 4.40. The lowest BCUT2D eigenvalue weighted by atomic mass is 10.2. The van der Waals surface area contributed by atoms with Crippen LogP contribution in [0.25, 0.3) is 22.6 Å². The van der Waals surface area contributed by atoms with Gasteiger partial charge in [-0.05, 0) is 18.2 Å². The number of halogens is 2. The molecule has 0 saturated carbocycles. The Labute approximate surface area is 133 Å². The van der Waals surface area contributed by atoms with E-state index in [0.29, 0.717) is 23.5 Å². The fourth-order valence-corrected chi connectivity index (χ4v) is 2.31. The van der Waals surface area contributed by atoms with E-state index in [9.17, 15) is 4.39 Å². The molecule has 22 heavy (non-hydrogen) atoms. The summed E-state index contributed by atoms with van der Waals surface area (Å²) in [6.45, 7) is 0.232. The molecular formula is C14H11BrFN5O. The normalized spacial score (nSPS) is 10.9. The monoisotopic (exact) mass is 363 g/mol. The summed E-state index contributed by atoms with van der Waals surface area (Å²) in [5.74, 6) is 0.174. The number of nitrogens with zero attached hydrogens (tertiary/aromatic N) is 4. The van der Waals surface area contributed by atoms with Gasteiger partial charge >= 0.3 is 0 Å². The van der Waals surface area contributed by atoms with Crippen molar-refractivity contribution in [1.29, 1.82) is 0 Å². The maximum Gasteiger partial charge on any atom is 0.184 e. The van der Waals surface area contributed by atoms with Gasteiger partial charge in [-0.1, -0.05) is 15.9 Å². The van der Waals surface area contributed by atoms with Gasteiger partial charge in [0.1, 0.15) is 11.3 Å². The molecule has 0 saturated heterocycles. The molecule has 2 aromatic heterocycles. The average molecular weight is 364 g/mol. The van der Waals surface area contributed by atoms with Gasteiger partial charge in [0.25, 0.3) is 0 Å². The van der Waals surface area contributed by atoms with E-state index in [1.54, 1.807) is 12.1 Å². The number of hydrogen-bond donors (Lipinski definition) is 2. The third-order valence-electron chi connectivity index (χ3n) is 2.91. The lowest BCUT2D eigenvalue weighted by molar-refractivity contribution is 0.311. The Morgan fingerprint density at radius 1 is 1.18 bits per heavy atom. The molecule has 0 aliphatic heterocycles. The molecule has 0 spiro atoms. The minimum atomic E-state index is -0.431. The molecule has 0 radical (unpaired) electrons. The predicted octanol–water partition coefficient (Wildman–Crippen LogP) is 2.39. The van der Waals surface area contributed by atoms with Crippen LogP contribution < -0.4 is 5.32 Å². The van der Waals surface area contributed by atoms with Crippen molar-refractivity contribution >= 4 is 32.9 Å². The molecule has 3 aromatic rings. The summed E-state index contributed by atoms with van der Waals surface area (Å²) in [6.07, 6.45) is 3.03. The van der Waals surface area contributed by atoms with E-state index in [0.717, 1.165) is 4.47 Å². The van der Waals surface area contributed by atoms with Gasteiger partial charge < -0.3 is 10.4 Å². The molecule has 1 aromatic carbocycles. The number of aliphatic hydroxyl groups is 1. The fourth-order valence-electron chi connectivity index (χ4n) is 1.95. The molecule has 0 fully saturated rings. The summed E-state index contributed by atoms with van der Waals surface area (Å²) in [4.78, 5) is 16.9. The van der Waals surface area contributed by atoms with Crippen LogP contribution in [0.15, 0.2) is 35.1 Å². The van der Waals surface area contributed by atoms with Gasteiger partial charge in [-0.2, -0.15) is 0 Å². The highest BCUT2D eigenvalue weighted by Crippen LogP contribution is 2.26. The Bertz CT molecular complexity index is 829.